The maximum atomic E-state index is 12.2. The van der Waals surface area contributed by atoms with E-state index in [-0.39, 0.29) is 18.7 Å². The van der Waals surface area contributed by atoms with E-state index in [1.54, 1.807) is 18.2 Å². The van der Waals surface area contributed by atoms with Gasteiger partial charge in [-0.2, -0.15) is 0 Å². The van der Waals surface area contributed by atoms with Gasteiger partial charge in [0.2, 0.25) is 5.91 Å². The molecule has 0 spiro atoms. The molecule has 0 radical (unpaired) electrons. The summed E-state index contributed by atoms with van der Waals surface area (Å²) in [6, 6.07) is 4.96. The molecule has 5 nitrogen and oxygen atoms in total. The lowest BCUT2D eigenvalue weighted by Gasteiger charge is -2.40. The minimum absolute atomic E-state index is 0.0348. The van der Waals surface area contributed by atoms with Crippen LogP contribution in [-0.4, -0.2) is 24.1 Å². The standard InChI is InChI=1S/C15H18ClNO4/c1-21-12-4-3-10(16)7-11(12)17-13(18)8-15(5-2-6-15)9-14(19)20/h3-4,7H,2,5-6,8-9H2,1H3,(H,17,18)(H,19,20). The van der Waals surface area contributed by atoms with Crippen LogP contribution in [0.4, 0.5) is 5.69 Å². The quantitative estimate of drug-likeness (QED) is 0.845. The van der Waals surface area contributed by atoms with Crippen molar-refractivity contribution < 1.29 is 19.4 Å². The maximum absolute atomic E-state index is 12.2. The number of benzene rings is 1. The number of amides is 1. The lowest BCUT2D eigenvalue weighted by Crippen LogP contribution is -2.36. The van der Waals surface area contributed by atoms with Gasteiger partial charge in [-0.25, -0.2) is 0 Å². The van der Waals surface area contributed by atoms with E-state index in [1.807, 2.05) is 0 Å². The van der Waals surface area contributed by atoms with Crippen LogP contribution in [0.2, 0.25) is 5.02 Å². The molecule has 0 bridgehead atoms. The Morgan fingerprint density at radius 1 is 1.38 bits per heavy atom. The highest BCUT2D eigenvalue weighted by Crippen LogP contribution is 2.47. The molecule has 1 fully saturated rings. The highest BCUT2D eigenvalue weighted by Gasteiger charge is 2.40. The van der Waals surface area contributed by atoms with Crippen LogP contribution in [0.5, 0.6) is 5.75 Å². The number of carboxylic acids is 1. The monoisotopic (exact) mass is 311 g/mol. The van der Waals surface area contributed by atoms with Gasteiger partial charge in [0.25, 0.3) is 0 Å². The summed E-state index contributed by atoms with van der Waals surface area (Å²) in [5, 5.41) is 12.2. The summed E-state index contributed by atoms with van der Waals surface area (Å²) in [5.41, 5.74) is 0.0987. The molecule has 6 heteroatoms. The molecule has 1 aliphatic carbocycles. The number of rotatable bonds is 6. The summed E-state index contributed by atoms with van der Waals surface area (Å²) in [7, 11) is 1.51. The molecule has 0 aromatic heterocycles. The van der Waals surface area contributed by atoms with Gasteiger partial charge in [-0.15, -0.1) is 0 Å². The van der Waals surface area contributed by atoms with Gasteiger partial charge in [-0.1, -0.05) is 18.0 Å². The van der Waals surface area contributed by atoms with Crippen molar-refractivity contribution in [2.45, 2.75) is 32.1 Å². The smallest absolute Gasteiger partial charge is 0.303 e. The first kappa shape index (κ1) is 15.6. The highest BCUT2D eigenvalue weighted by atomic mass is 35.5. The number of halogens is 1. The van der Waals surface area contributed by atoms with Crippen LogP contribution in [0.3, 0.4) is 0 Å². The second-order valence-electron chi connectivity index (χ2n) is 5.49. The molecule has 0 aliphatic heterocycles. The number of hydrogen-bond acceptors (Lipinski definition) is 3. The van der Waals surface area contributed by atoms with Crippen LogP contribution in [-0.2, 0) is 9.59 Å². The summed E-state index contributed by atoms with van der Waals surface area (Å²) in [5.74, 6) is -0.548. The summed E-state index contributed by atoms with van der Waals surface area (Å²) >= 11 is 5.91. The summed E-state index contributed by atoms with van der Waals surface area (Å²) in [6.45, 7) is 0. The van der Waals surface area contributed by atoms with E-state index >= 15 is 0 Å². The molecule has 1 saturated carbocycles. The van der Waals surface area contributed by atoms with Crippen molar-refractivity contribution in [2.75, 3.05) is 12.4 Å². The van der Waals surface area contributed by atoms with Gasteiger partial charge in [-0.3, -0.25) is 9.59 Å². The first-order valence-corrected chi connectivity index (χ1v) is 7.17. The zero-order valence-electron chi connectivity index (χ0n) is 11.8. The lowest BCUT2D eigenvalue weighted by molar-refractivity contribution is -0.142. The normalized spacial score (nSPS) is 15.9. The van der Waals surface area contributed by atoms with Crippen molar-refractivity contribution in [1.82, 2.24) is 0 Å². The molecule has 0 atom stereocenters. The molecule has 0 heterocycles. The fourth-order valence-electron chi connectivity index (χ4n) is 2.73. The Balaban J connectivity index is 2.04. The second-order valence-corrected chi connectivity index (χ2v) is 5.93. The number of methoxy groups -OCH3 is 1. The van der Waals surface area contributed by atoms with E-state index < -0.39 is 11.4 Å². The summed E-state index contributed by atoms with van der Waals surface area (Å²) < 4.78 is 5.17. The Morgan fingerprint density at radius 2 is 2.10 bits per heavy atom. The maximum Gasteiger partial charge on any atom is 0.303 e. The van der Waals surface area contributed by atoms with E-state index in [1.165, 1.54) is 7.11 Å². The van der Waals surface area contributed by atoms with E-state index in [0.717, 1.165) is 19.3 Å². The fourth-order valence-corrected chi connectivity index (χ4v) is 2.90. The van der Waals surface area contributed by atoms with E-state index in [4.69, 9.17) is 21.4 Å². The van der Waals surface area contributed by atoms with Crippen LogP contribution in [0, 0.1) is 5.41 Å². The highest BCUT2D eigenvalue weighted by molar-refractivity contribution is 6.31. The number of aliphatic carboxylic acids is 1. The lowest BCUT2D eigenvalue weighted by atomic mass is 9.64. The zero-order valence-corrected chi connectivity index (χ0v) is 12.6. The fraction of sp³-hybridized carbons (Fsp3) is 0.467. The largest absolute Gasteiger partial charge is 0.495 e. The second kappa shape index (κ2) is 6.35. The minimum Gasteiger partial charge on any atom is -0.495 e. The summed E-state index contributed by atoms with van der Waals surface area (Å²) in [4.78, 5) is 23.1. The van der Waals surface area contributed by atoms with Gasteiger partial charge < -0.3 is 15.2 Å². The number of hydrogen-bond donors (Lipinski definition) is 2. The van der Waals surface area contributed by atoms with Gasteiger partial charge in [0.1, 0.15) is 5.75 Å². The van der Waals surface area contributed by atoms with Gasteiger partial charge in [0, 0.05) is 11.4 Å². The average Bonchev–Trinajstić information content (AvgIpc) is 2.35. The Labute approximate surface area is 128 Å². The Bertz CT molecular complexity index is 555. The Hall–Kier alpha value is -1.75. The molecule has 1 aromatic carbocycles. The van der Waals surface area contributed by atoms with Gasteiger partial charge in [0.05, 0.1) is 19.2 Å². The summed E-state index contributed by atoms with van der Waals surface area (Å²) in [6.07, 6.45) is 2.77. The van der Waals surface area contributed by atoms with Crippen LogP contribution in [0.15, 0.2) is 18.2 Å². The first-order chi connectivity index (χ1) is 9.94. The first-order valence-electron chi connectivity index (χ1n) is 6.79. The molecular formula is C15H18ClNO4. The number of carbonyl (C=O) groups excluding carboxylic acids is 1. The van der Waals surface area contributed by atoms with Crippen LogP contribution >= 0.6 is 11.6 Å². The average molecular weight is 312 g/mol. The van der Waals surface area contributed by atoms with Crippen molar-refractivity contribution >= 4 is 29.2 Å². The van der Waals surface area contributed by atoms with E-state index in [9.17, 15) is 9.59 Å². The predicted octanol–water partition coefficient (Wildman–Crippen LogP) is 3.32. The molecular weight excluding hydrogens is 294 g/mol. The van der Waals surface area contributed by atoms with Crippen LogP contribution < -0.4 is 10.1 Å². The predicted molar refractivity (Wildman–Crippen MR) is 79.8 cm³/mol. The number of carboxylic acid groups (broad SMARTS) is 1. The van der Waals surface area contributed by atoms with Crippen molar-refractivity contribution in [2.24, 2.45) is 5.41 Å². The molecule has 1 amide bonds. The van der Waals surface area contributed by atoms with Gasteiger partial charge in [0.15, 0.2) is 0 Å². The minimum atomic E-state index is -0.858. The molecule has 114 valence electrons. The molecule has 1 aliphatic rings. The Kier molecular flexibility index (Phi) is 4.73. The van der Waals surface area contributed by atoms with Gasteiger partial charge in [-0.05, 0) is 36.5 Å². The molecule has 2 N–H and O–H groups in total. The third kappa shape index (κ3) is 3.88. The molecule has 0 unspecified atom stereocenters. The molecule has 1 aromatic rings. The van der Waals surface area contributed by atoms with E-state index in [2.05, 4.69) is 5.32 Å². The number of anilines is 1. The molecule has 2 rings (SSSR count). The third-order valence-corrected chi connectivity index (χ3v) is 4.15. The van der Waals surface area contributed by atoms with Crippen molar-refractivity contribution in [3.8, 4) is 5.75 Å². The topological polar surface area (TPSA) is 75.6 Å². The van der Waals surface area contributed by atoms with Crippen molar-refractivity contribution in [3.05, 3.63) is 23.2 Å². The number of nitrogens with one attached hydrogen (secondary N) is 1. The molecule has 21 heavy (non-hydrogen) atoms. The molecule has 0 saturated heterocycles. The SMILES string of the molecule is COc1ccc(Cl)cc1NC(=O)CC1(CC(=O)O)CCC1. The Morgan fingerprint density at radius 3 is 2.62 bits per heavy atom. The number of carbonyl (C=O) groups is 2. The van der Waals surface area contributed by atoms with Crippen LogP contribution in [0.1, 0.15) is 32.1 Å². The third-order valence-electron chi connectivity index (χ3n) is 3.91. The van der Waals surface area contributed by atoms with Crippen LogP contribution in [0.25, 0.3) is 0 Å². The van der Waals surface area contributed by atoms with Crippen molar-refractivity contribution in [3.63, 3.8) is 0 Å². The van der Waals surface area contributed by atoms with Gasteiger partial charge >= 0.3 is 5.97 Å². The van der Waals surface area contributed by atoms with E-state index in [0.29, 0.717) is 16.5 Å². The van der Waals surface area contributed by atoms with Crippen molar-refractivity contribution in [1.29, 1.82) is 0 Å². The number of ether oxygens (including phenoxy) is 1. The zero-order chi connectivity index (χ0) is 15.5.